The van der Waals surface area contributed by atoms with Crippen LogP contribution in [0.4, 0.5) is 9.80 Å². The van der Waals surface area contributed by atoms with E-state index in [4.69, 9.17) is 4.74 Å². The highest BCUT2D eigenvalue weighted by molar-refractivity contribution is 7.20. The molecule has 2 aromatic rings. The Morgan fingerprint density at radius 3 is 2.56 bits per heavy atom. The smallest absolute Gasteiger partial charge is 0.341 e. The van der Waals surface area contributed by atoms with Crippen LogP contribution in [0.15, 0.2) is 36.4 Å². The average Bonchev–Trinajstić information content (AvgIpc) is 3.30. The second-order valence-electron chi connectivity index (χ2n) is 7.95. The van der Waals surface area contributed by atoms with Gasteiger partial charge in [0.15, 0.2) is 0 Å². The van der Waals surface area contributed by atoms with E-state index in [0.29, 0.717) is 17.8 Å². The largest absolute Gasteiger partial charge is 0.462 e. The normalized spacial score (nSPS) is 17.3. The third kappa shape index (κ3) is 4.25. The molecular weight excluding hydrogens is 430 g/mol. The van der Waals surface area contributed by atoms with Crippen molar-refractivity contribution in [2.24, 2.45) is 0 Å². The van der Waals surface area contributed by atoms with E-state index in [1.165, 1.54) is 11.3 Å². The number of nitrogens with zero attached hydrogens (tertiary/aromatic N) is 1. The quantitative estimate of drug-likeness (QED) is 0.509. The lowest BCUT2D eigenvalue weighted by Crippen LogP contribution is -2.48. The van der Waals surface area contributed by atoms with E-state index in [2.05, 4.69) is 10.6 Å². The van der Waals surface area contributed by atoms with Crippen molar-refractivity contribution in [2.45, 2.75) is 44.6 Å². The van der Waals surface area contributed by atoms with Crippen molar-refractivity contribution >= 4 is 40.2 Å². The van der Waals surface area contributed by atoms with Gasteiger partial charge in [-0.2, -0.15) is 0 Å². The van der Waals surface area contributed by atoms with Crippen molar-refractivity contribution in [2.75, 3.05) is 18.5 Å². The average molecular weight is 456 g/mol. The zero-order valence-corrected chi connectivity index (χ0v) is 18.6. The number of anilines is 1. The highest BCUT2D eigenvalue weighted by atomic mass is 32.1. The summed E-state index contributed by atoms with van der Waals surface area (Å²) < 4.78 is 5.13. The van der Waals surface area contributed by atoms with E-state index in [-0.39, 0.29) is 18.1 Å². The molecule has 4 amide bonds. The highest BCUT2D eigenvalue weighted by Crippen LogP contribution is 2.36. The number of hydrogen-bond acceptors (Lipinski definition) is 6. The standard InChI is InChI=1S/C23H25N3O5S/c1-2-31-20(28)16-13-17(15-9-5-3-6-10-15)32-19(16)24-18(27)14-26-21(29)23(25-22(26)30)11-7-4-8-12-23/h3,5-6,9-10,13H,2,4,7-8,11-12,14H2,1H3,(H,24,27)(H,25,30). The number of carbonyl (C=O) groups excluding carboxylic acids is 4. The minimum atomic E-state index is -0.880. The summed E-state index contributed by atoms with van der Waals surface area (Å²) in [6.07, 6.45) is 3.95. The summed E-state index contributed by atoms with van der Waals surface area (Å²) in [5.74, 6) is -1.44. The summed E-state index contributed by atoms with van der Waals surface area (Å²) in [6.45, 7) is 1.50. The van der Waals surface area contributed by atoms with Gasteiger partial charge >= 0.3 is 12.0 Å². The number of ether oxygens (including phenoxy) is 1. The van der Waals surface area contributed by atoms with Gasteiger partial charge in [0.1, 0.15) is 17.1 Å². The first kappa shape index (κ1) is 22.0. The van der Waals surface area contributed by atoms with E-state index in [9.17, 15) is 19.2 Å². The van der Waals surface area contributed by atoms with Crippen molar-refractivity contribution < 1.29 is 23.9 Å². The molecule has 32 heavy (non-hydrogen) atoms. The van der Waals surface area contributed by atoms with Crippen molar-refractivity contribution in [1.29, 1.82) is 0 Å². The number of imide groups is 1. The summed E-state index contributed by atoms with van der Waals surface area (Å²) in [5, 5.41) is 5.83. The fourth-order valence-corrected chi connectivity index (χ4v) is 5.28. The lowest BCUT2D eigenvalue weighted by molar-refractivity contribution is -0.134. The number of urea groups is 1. The molecule has 1 aromatic carbocycles. The number of carbonyl (C=O) groups is 4. The Kier molecular flexibility index (Phi) is 6.27. The first-order chi connectivity index (χ1) is 15.4. The van der Waals surface area contributed by atoms with Crippen molar-refractivity contribution in [3.8, 4) is 10.4 Å². The maximum Gasteiger partial charge on any atom is 0.341 e. The number of esters is 1. The first-order valence-electron chi connectivity index (χ1n) is 10.7. The molecule has 1 aliphatic carbocycles. The van der Waals surface area contributed by atoms with Crippen molar-refractivity contribution in [3.05, 3.63) is 42.0 Å². The molecule has 2 heterocycles. The fraction of sp³-hybridized carbons (Fsp3) is 0.391. The molecule has 4 rings (SSSR count). The molecule has 0 atom stereocenters. The molecule has 168 valence electrons. The van der Waals surface area contributed by atoms with E-state index in [0.717, 1.165) is 34.6 Å². The summed E-state index contributed by atoms with van der Waals surface area (Å²) in [4.78, 5) is 52.3. The van der Waals surface area contributed by atoms with E-state index in [1.807, 2.05) is 30.3 Å². The van der Waals surface area contributed by atoms with Crippen LogP contribution in [0.3, 0.4) is 0 Å². The van der Waals surface area contributed by atoms with E-state index >= 15 is 0 Å². The SMILES string of the molecule is CCOC(=O)c1cc(-c2ccccc2)sc1NC(=O)CN1C(=O)NC2(CCCCC2)C1=O. The molecule has 0 bridgehead atoms. The van der Waals surface area contributed by atoms with Crippen LogP contribution in [0, 0.1) is 0 Å². The maximum atomic E-state index is 12.9. The van der Waals surface area contributed by atoms with Gasteiger partial charge in [0.25, 0.3) is 5.91 Å². The fourth-order valence-electron chi connectivity index (χ4n) is 4.21. The van der Waals surface area contributed by atoms with Crippen LogP contribution in [-0.2, 0) is 14.3 Å². The summed E-state index contributed by atoms with van der Waals surface area (Å²) >= 11 is 1.24. The second-order valence-corrected chi connectivity index (χ2v) is 9.00. The maximum absolute atomic E-state index is 12.9. The van der Waals surface area contributed by atoms with Crippen LogP contribution >= 0.6 is 11.3 Å². The molecule has 8 nitrogen and oxygen atoms in total. The Labute approximate surface area is 189 Å². The van der Waals surface area contributed by atoms with Crippen LogP contribution < -0.4 is 10.6 Å². The number of rotatable bonds is 6. The Hall–Kier alpha value is -3.20. The lowest BCUT2D eigenvalue weighted by atomic mass is 9.82. The number of amides is 4. The van der Waals surface area contributed by atoms with Gasteiger partial charge < -0.3 is 15.4 Å². The van der Waals surface area contributed by atoms with Gasteiger partial charge in [0.05, 0.1) is 12.2 Å². The molecule has 1 aromatic heterocycles. The predicted molar refractivity (Wildman–Crippen MR) is 120 cm³/mol. The molecular formula is C23H25N3O5S. The molecule has 2 aliphatic rings. The monoisotopic (exact) mass is 455 g/mol. The molecule has 2 fully saturated rings. The minimum Gasteiger partial charge on any atom is -0.462 e. The predicted octanol–water partition coefficient (Wildman–Crippen LogP) is 3.79. The van der Waals surface area contributed by atoms with Crippen LogP contribution in [0.25, 0.3) is 10.4 Å². The van der Waals surface area contributed by atoms with Crippen LogP contribution in [0.1, 0.15) is 49.4 Å². The summed E-state index contributed by atoms with van der Waals surface area (Å²) in [7, 11) is 0. The molecule has 0 radical (unpaired) electrons. The summed E-state index contributed by atoms with van der Waals surface area (Å²) in [6, 6.07) is 10.6. The van der Waals surface area contributed by atoms with Crippen LogP contribution in [-0.4, -0.2) is 47.4 Å². The van der Waals surface area contributed by atoms with Crippen molar-refractivity contribution in [3.63, 3.8) is 0 Å². The van der Waals surface area contributed by atoms with E-state index < -0.39 is 30.0 Å². The number of nitrogens with one attached hydrogen (secondary N) is 2. The van der Waals surface area contributed by atoms with Gasteiger partial charge in [-0.3, -0.25) is 14.5 Å². The van der Waals surface area contributed by atoms with Crippen LogP contribution in [0.2, 0.25) is 0 Å². The highest BCUT2D eigenvalue weighted by Gasteiger charge is 2.51. The third-order valence-electron chi connectivity index (χ3n) is 5.79. The molecule has 1 spiro atoms. The second kappa shape index (κ2) is 9.12. The lowest BCUT2D eigenvalue weighted by Gasteiger charge is -2.30. The van der Waals surface area contributed by atoms with Gasteiger partial charge in [-0.1, -0.05) is 49.6 Å². The molecule has 1 saturated heterocycles. The Balaban J connectivity index is 1.52. The summed E-state index contributed by atoms with van der Waals surface area (Å²) in [5.41, 5.74) is 0.261. The first-order valence-corrected chi connectivity index (χ1v) is 11.6. The van der Waals surface area contributed by atoms with Gasteiger partial charge in [-0.05, 0) is 31.4 Å². The molecule has 1 aliphatic heterocycles. The topological polar surface area (TPSA) is 105 Å². The van der Waals surface area contributed by atoms with Gasteiger partial charge in [-0.15, -0.1) is 11.3 Å². The van der Waals surface area contributed by atoms with Gasteiger partial charge in [0.2, 0.25) is 5.91 Å². The molecule has 0 unspecified atom stereocenters. The zero-order valence-electron chi connectivity index (χ0n) is 17.8. The minimum absolute atomic E-state index is 0.202. The van der Waals surface area contributed by atoms with E-state index in [1.54, 1.807) is 13.0 Å². The number of thiophene rings is 1. The number of hydrogen-bond donors (Lipinski definition) is 2. The molecule has 9 heteroatoms. The molecule has 1 saturated carbocycles. The molecule has 2 N–H and O–H groups in total. The zero-order chi connectivity index (χ0) is 22.7. The Morgan fingerprint density at radius 1 is 1.16 bits per heavy atom. The Morgan fingerprint density at radius 2 is 1.88 bits per heavy atom. The number of benzene rings is 1. The third-order valence-corrected chi connectivity index (χ3v) is 6.89. The van der Waals surface area contributed by atoms with Gasteiger partial charge in [-0.25, -0.2) is 9.59 Å². The van der Waals surface area contributed by atoms with Gasteiger partial charge in [0, 0.05) is 4.88 Å². The van der Waals surface area contributed by atoms with Crippen molar-refractivity contribution in [1.82, 2.24) is 10.2 Å². The van der Waals surface area contributed by atoms with Crippen LogP contribution in [0.5, 0.6) is 0 Å². The Bertz CT molecular complexity index is 1040.